The molecule has 3 rings (SSSR count). The van der Waals surface area contributed by atoms with E-state index >= 15 is 0 Å². The molecule has 3 nitrogen and oxygen atoms in total. The van der Waals surface area contributed by atoms with Crippen LogP contribution in [0.2, 0.25) is 0 Å². The topological polar surface area (TPSA) is 32.6 Å². The van der Waals surface area contributed by atoms with Crippen LogP contribution in [0, 0.1) is 0 Å². The molecule has 0 saturated carbocycles. The standard InChI is InChI=1S/C14H12NO2/c1-2-4-11(5-3-1)9-15-12-6-7-13-14(8-12)17-10-16-13/h1-8H,9-10H2. The van der Waals surface area contributed by atoms with Crippen molar-refractivity contribution in [3.05, 3.63) is 54.1 Å². The van der Waals surface area contributed by atoms with Crippen LogP contribution in [0.15, 0.2) is 48.5 Å². The van der Waals surface area contributed by atoms with Gasteiger partial charge in [-0.15, -0.1) is 0 Å². The maximum absolute atomic E-state index is 5.31. The normalized spacial score (nSPS) is 12.5. The fourth-order valence-electron chi connectivity index (χ4n) is 1.75. The maximum Gasteiger partial charge on any atom is 0.231 e. The molecular weight excluding hydrogens is 214 g/mol. The quantitative estimate of drug-likeness (QED) is 0.806. The molecule has 0 fully saturated rings. The third-order valence-corrected chi connectivity index (χ3v) is 2.64. The lowest BCUT2D eigenvalue weighted by Gasteiger charge is -2.04. The zero-order valence-corrected chi connectivity index (χ0v) is 9.30. The first-order chi connectivity index (χ1) is 8.42. The van der Waals surface area contributed by atoms with Crippen LogP contribution in [0.1, 0.15) is 5.56 Å². The average Bonchev–Trinajstić information content (AvgIpc) is 2.85. The van der Waals surface area contributed by atoms with E-state index in [2.05, 4.69) is 17.4 Å². The molecule has 0 aromatic heterocycles. The predicted molar refractivity (Wildman–Crippen MR) is 64.5 cm³/mol. The second kappa shape index (κ2) is 4.37. The van der Waals surface area contributed by atoms with E-state index in [0.717, 1.165) is 17.2 Å². The summed E-state index contributed by atoms with van der Waals surface area (Å²) in [6.45, 7) is 0.984. The Bertz CT molecular complexity index is 511. The van der Waals surface area contributed by atoms with Crippen LogP contribution in [0.25, 0.3) is 0 Å². The van der Waals surface area contributed by atoms with Crippen LogP contribution < -0.4 is 14.8 Å². The third kappa shape index (κ3) is 2.18. The summed E-state index contributed by atoms with van der Waals surface area (Å²) in [4.78, 5) is 0. The lowest BCUT2D eigenvalue weighted by molar-refractivity contribution is 0.174. The number of nitrogens with zero attached hydrogens (tertiary/aromatic N) is 1. The van der Waals surface area contributed by atoms with Gasteiger partial charge < -0.3 is 9.47 Å². The van der Waals surface area contributed by atoms with E-state index < -0.39 is 0 Å². The number of benzene rings is 2. The van der Waals surface area contributed by atoms with Crippen LogP contribution in [-0.4, -0.2) is 6.79 Å². The molecule has 1 heterocycles. The summed E-state index contributed by atoms with van der Waals surface area (Å²) in [6, 6.07) is 15.9. The Labute approximate surface area is 100.0 Å². The van der Waals surface area contributed by atoms with Gasteiger partial charge in [-0.2, -0.15) is 0 Å². The Morgan fingerprint density at radius 1 is 0.941 bits per heavy atom. The summed E-state index contributed by atoms with van der Waals surface area (Å²) in [5.41, 5.74) is 2.11. The van der Waals surface area contributed by atoms with Gasteiger partial charge in [0.05, 0.1) is 12.2 Å². The summed E-state index contributed by atoms with van der Waals surface area (Å²) in [6.07, 6.45) is 0. The minimum absolute atomic E-state index is 0.303. The van der Waals surface area contributed by atoms with E-state index in [9.17, 15) is 0 Å². The van der Waals surface area contributed by atoms with E-state index in [1.54, 1.807) is 0 Å². The smallest absolute Gasteiger partial charge is 0.231 e. The van der Waals surface area contributed by atoms with Crippen molar-refractivity contribution in [2.45, 2.75) is 6.54 Å². The van der Waals surface area contributed by atoms with Crippen molar-refractivity contribution < 1.29 is 9.47 Å². The highest BCUT2D eigenvalue weighted by Crippen LogP contribution is 2.34. The van der Waals surface area contributed by atoms with Gasteiger partial charge in [0, 0.05) is 6.07 Å². The van der Waals surface area contributed by atoms with E-state index in [4.69, 9.17) is 9.47 Å². The van der Waals surface area contributed by atoms with Gasteiger partial charge in [0.1, 0.15) is 0 Å². The molecule has 2 aromatic carbocycles. The van der Waals surface area contributed by atoms with Crippen molar-refractivity contribution in [3.8, 4) is 11.5 Å². The van der Waals surface area contributed by atoms with E-state index in [1.807, 2.05) is 36.4 Å². The van der Waals surface area contributed by atoms with Crippen molar-refractivity contribution in [2.75, 3.05) is 6.79 Å². The molecule has 0 N–H and O–H groups in total. The third-order valence-electron chi connectivity index (χ3n) is 2.64. The number of ether oxygens (including phenoxy) is 2. The Morgan fingerprint density at radius 2 is 1.76 bits per heavy atom. The lowest BCUT2D eigenvalue weighted by atomic mass is 10.2. The molecule has 0 saturated heterocycles. The van der Waals surface area contributed by atoms with Crippen molar-refractivity contribution in [1.29, 1.82) is 0 Å². The van der Waals surface area contributed by atoms with Crippen LogP contribution in [0.5, 0.6) is 11.5 Å². The molecule has 85 valence electrons. The second-order valence-corrected chi connectivity index (χ2v) is 3.84. The Hall–Kier alpha value is -2.16. The molecule has 0 unspecified atom stereocenters. The fourth-order valence-corrected chi connectivity index (χ4v) is 1.75. The van der Waals surface area contributed by atoms with Crippen molar-refractivity contribution >= 4 is 5.69 Å². The van der Waals surface area contributed by atoms with Crippen molar-refractivity contribution in [2.24, 2.45) is 0 Å². The monoisotopic (exact) mass is 226 g/mol. The zero-order valence-electron chi connectivity index (χ0n) is 9.30. The van der Waals surface area contributed by atoms with E-state index in [1.165, 1.54) is 5.56 Å². The van der Waals surface area contributed by atoms with Crippen LogP contribution >= 0.6 is 0 Å². The molecule has 1 aliphatic heterocycles. The van der Waals surface area contributed by atoms with Gasteiger partial charge in [-0.05, 0) is 17.7 Å². The minimum atomic E-state index is 0.303. The average molecular weight is 226 g/mol. The Kier molecular flexibility index (Phi) is 2.58. The summed E-state index contributed by atoms with van der Waals surface area (Å²) in [5, 5.41) is 4.52. The predicted octanol–water partition coefficient (Wildman–Crippen LogP) is 2.85. The molecule has 1 radical (unpaired) electrons. The molecule has 3 heteroatoms. The van der Waals surface area contributed by atoms with Gasteiger partial charge in [-0.1, -0.05) is 30.3 Å². The van der Waals surface area contributed by atoms with E-state index in [-0.39, 0.29) is 0 Å². The SMILES string of the molecule is c1ccc(C[N]c2ccc3c(c2)OCO3)cc1. The molecule has 1 aliphatic rings. The summed E-state index contributed by atoms with van der Waals surface area (Å²) < 4.78 is 10.6. The number of hydrogen-bond donors (Lipinski definition) is 0. The van der Waals surface area contributed by atoms with Gasteiger partial charge in [-0.25, -0.2) is 0 Å². The number of rotatable bonds is 3. The molecule has 0 spiro atoms. The van der Waals surface area contributed by atoms with E-state index in [0.29, 0.717) is 13.3 Å². The van der Waals surface area contributed by atoms with Crippen LogP contribution in [0.4, 0.5) is 5.69 Å². The van der Waals surface area contributed by atoms with Gasteiger partial charge >= 0.3 is 0 Å². The number of fused-ring (bicyclic) bond motifs is 1. The fraction of sp³-hybridized carbons (Fsp3) is 0.143. The molecule has 2 aromatic rings. The first-order valence-electron chi connectivity index (χ1n) is 5.53. The van der Waals surface area contributed by atoms with Crippen LogP contribution in [-0.2, 0) is 6.54 Å². The summed E-state index contributed by atoms with van der Waals surface area (Å²) >= 11 is 0. The largest absolute Gasteiger partial charge is 0.454 e. The highest BCUT2D eigenvalue weighted by molar-refractivity contribution is 5.52. The lowest BCUT2D eigenvalue weighted by Crippen LogP contribution is -1.97. The minimum Gasteiger partial charge on any atom is -0.454 e. The molecule has 0 aliphatic carbocycles. The highest BCUT2D eigenvalue weighted by atomic mass is 16.7. The summed E-state index contributed by atoms with van der Waals surface area (Å²) in [7, 11) is 0. The number of hydrogen-bond acceptors (Lipinski definition) is 2. The van der Waals surface area contributed by atoms with Crippen LogP contribution in [0.3, 0.4) is 0 Å². The second-order valence-electron chi connectivity index (χ2n) is 3.84. The van der Waals surface area contributed by atoms with Gasteiger partial charge in [0.25, 0.3) is 0 Å². The first kappa shape index (κ1) is 10.0. The molecule has 0 amide bonds. The van der Waals surface area contributed by atoms with Gasteiger partial charge in [0.15, 0.2) is 11.5 Å². The van der Waals surface area contributed by atoms with Crippen molar-refractivity contribution in [3.63, 3.8) is 0 Å². The Morgan fingerprint density at radius 3 is 2.65 bits per heavy atom. The molecule has 0 atom stereocenters. The molecule has 0 bridgehead atoms. The maximum atomic E-state index is 5.31. The highest BCUT2D eigenvalue weighted by Gasteiger charge is 2.13. The summed E-state index contributed by atoms with van der Waals surface area (Å²) in [5.74, 6) is 1.57. The Balaban J connectivity index is 1.70. The first-order valence-corrected chi connectivity index (χ1v) is 5.53. The van der Waals surface area contributed by atoms with Gasteiger partial charge in [-0.3, -0.25) is 5.32 Å². The molecular formula is C14H12NO2. The zero-order chi connectivity index (χ0) is 11.5. The molecule has 17 heavy (non-hydrogen) atoms. The van der Waals surface area contributed by atoms with Gasteiger partial charge in [0.2, 0.25) is 6.79 Å². The van der Waals surface area contributed by atoms with Crippen molar-refractivity contribution in [1.82, 2.24) is 5.32 Å².